The first kappa shape index (κ1) is 21.5. The summed E-state index contributed by atoms with van der Waals surface area (Å²) in [5.41, 5.74) is 0.864. The van der Waals surface area contributed by atoms with Gasteiger partial charge in [-0.3, -0.25) is 4.79 Å². The Morgan fingerprint density at radius 1 is 1.11 bits per heavy atom. The van der Waals surface area contributed by atoms with Gasteiger partial charge < -0.3 is 25.4 Å². The number of nitrogens with zero attached hydrogens (tertiary/aromatic N) is 1. The molecule has 8 nitrogen and oxygen atoms in total. The summed E-state index contributed by atoms with van der Waals surface area (Å²) in [7, 11) is 0. The van der Waals surface area contributed by atoms with Crippen LogP contribution in [0.5, 0.6) is 0 Å². The third-order valence-corrected chi connectivity index (χ3v) is 4.49. The van der Waals surface area contributed by atoms with Crippen molar-refractivity contribution >= 4 is 18.1 Å². The van der Waals surface area contributed by atoms with E-state index >= 15 is 0 Å². The van der Waals surface area contributed by atoms with Crippen LogP contribution in [0.15, 0.2) is 24.3 Å². The van der Waals surface area contributed by atoms with E-state index in [-0.39, 0.29) is 11.8 Å². The molecule has 154 valence electrons. The zero-order valence-electron chi connectivity index (χ0n) is 16.7. The smallest absolute Gasteiger partial charge is 0.407 e. The number of ether oxygens (including phenoxy) is 1. The molecule has 0 spiro atoms. The summed E-state index contributed by atoms with van der Waals surface area (Å²) in [6.45, 7) is 7.28. The Kier molecular flexibility index (Phi) is 7.25. The fraction of sp³-hybridized carbons (Fsp3) is 0.550. The largest absolute Gasteiger partial charge is 0.465 e. The molecule has 2 rings (SSSR count). The molecule has 1 aromatic rings. The van der Waals surface area contributed by atoms with E-state index in [9.17, 15) is 14.4 Å². The molecular weight excluding hydrogens is 362 g/mol. The number of hydrogen-bond donors (Lipinski definition) is 3. The molecule has 0 unspecified atom stereocenters. The van der Waals surface area contributed by atoms with Crippen LogP contribution >= 0.6 is 0 Å². The maximum Gasteiger partial charge on any atom is 0.407 e. The standard InChI is InChI=1S/C20H29N3O5/c1-20(2,3)28-18(25)22-13-14-4-6-16(7-5-14)17(24)21-12-15-8-10-23(11-9-15)19(26)27/h4-7,15H,8-13H2,1-3H3,(H,21,24)(H,22,25)(H,26,27). The summed E-state index contributed by atoms with van der Waals surface area (Å²) in [6, 6.07) is 7.01. The van der Waals surface area contributed by atoms with Crippen molar-refractivity contribution in [3.05, 3.63) is 35.4 Å². The highest BCUT2D eigenvalue weighted by molar-refractivity contribution is 5.94. The predicted molar refractivity (Wildman–Crippen MR) is 104 cm³/mol. The van der Waals surface area contributed by atoms with Crippen molar-refractivity contribution in [2.24, 2.45) is 5.92 Å². The Morgan fingerprint density at radius 3 is 2.25 bits per heavy atom. The fourth-order valence-corrected chi connectivity index (χ4v) is 2.93. The number of amides is 3. The average molecular weight is 391 g/mol. The molecule has 1 saturated heterocycles. The van der Waals surface area contributed by atoms with Gasteiger partial charge in [0.05, 0.1) is 0 Å². The van der Waals surface area contributed by atoms with Crippen LogP contribution in [0.4, 0.5) is 9.59 Å². The summed E-state index contributed by atoms with van der Waals surface area (Å²) in [6.07, 6.45) is 0.135. The van der Waals surface area contributed by atoms with Crippen LogP contribution in [0, 0.1) is 5.92 Å². The van der Waals surface area contributed by atoms with Gasteiger partial charge in [0.15, 0.2) is 0 Å². The summed E-state index contributed by atoms with van der Waals surface area (Å²) in [4.78, 5) is 36.3. The van der Waals surface area contributed by atoms with E-state index in [2.05, 4.69) is 10.6 Å². The van der Waals surface area contributed by atoms with E-state index in [0.717, 1.165) is 18.4 Å². The molecule has 0 saturated carbocycles. The second-order valence-electron chi connectivity index (χ2n) is 7.98. The van der Waals surface area contributed by atoms with Gasteiger partial charge in [-0.05, 0) is 57.2 Å². The van der Waals surface area contributed by atoms with Crippen molar-refractivity contribution in [1.29, 1.82) is 0 Å². The van der Waals surface area contributed by atoms with Gasteiger partial charge in [-0.25, -0.2) is 9.59 Å². The Hall–Kier alpha value is -2.77. The lowest BCUT2D eigenvalue weighted by Gasteiger charge is -2.29. The van der Waals surface area contributed by atoms with Crippen LogP contribution in [-0.2, 0) is 11.3 Å². The van der Waals surface area contributed by atoms with Crippen LogP contribution in [0.3, 0.4) is 0 Å². The lowest BCUT2D eigenvalue weighted by Crippen LogP contribution is -2.40. The second-order valence-corrected chi connectivity index (χ2v) is 7.98. The molecule has 1 aliphatic heterocycles. The van der Waals surface area contributed by atoms with Gasteiger partial charge in [-0.15, -0.1) is 0 Å². The van der Waals surface area contributed by atoms with Crippen molar-refractivity contribution in [2.75, 3.05) is 19.6 Å². The summed E-state index contributed by atoms with van der Waals surface area (Å²) in [5, 5.41) is 14.5. The number of piperidine rings is 1. The zero-order chi connectivity index (χ0) is 20.7. The molecule has 0 radical (unpaired) electrons. The van der Waals surface area contributed by atoms with E-state index in [1.807, 2.05) is 0 Å². The molecule has 0 aromatic heterocycles. The van der Waals surface area contributed by atoms with Crippen LogP contribution in [0.1, 0.15) is 49.5 Å². The summed E-state index contributed by atoms with van der Waals surface area (Å²) >= 11 is 0. The van der Waals surface area contributed by atoms with Gasteiger partial charge in [0.1, 0.15) is 5.60 Å². The van der Waals surface area contributed by atoms with Crippen molar-refractivity contribution < 1.29 is 24.2 Å². The summed E-state index contributed by atoms with van der Waals surface area (Å²) < 4.78 is 5.18. The van der Waals surface area contributed by atoms with Crippen molar-refractivity contribution in [1.82, 2.24) is 15.5 Å². The van der Waals surface area contributed by atoms with Crippen LogP contribution < -0.4 is 10.6 Å². The van der Waals surface area contributed by atoms with E-state index in [1.54, 1.807) is 45.0 Å². The third kappa shape index (κ3) is 7.09. The SMILES string of the molecule is CC(C)(C)OC(=O)NCc1ccc(C(=O)NCC2CCN(C(=O)O)CC2)cc1. The molecule has 3 N–H and O–H groups in total. The number of hydrogen-bond acceptors (Lipinski definition) is 4. The fourth-order valence-electron chi connectivity index (χ4n) is 2.93. The number of carbonyl (C=O) groups excluding carboxylic acids is 2. The van der Waals surface area contributed by atoms with Crippen LogP contribution in [0.25, 0.3) is 0 Å². The van der Waals surface area contributed by atoms with Crippen molar-refractivity contribution in [2.45, 2.75) is 45.8 Å². The molecule has 0 atom stereocenters. The van der Waals surface area contributed by atoms with Gasteiger partial charge >= 0.3 is 12.2 Å². The summed E-state index contributed by atoms with van der Waals surface area (Å²) in [5.74, 6) is 0.129. The van der Waals surface area contributed by atoms with E-state index in [0.29, 0.717) is 31.7 Å². The molecular formula is C20H29N3O5. The van der Waals surface area contributed by atoms with Crippen molar-refractivity contribution in [3.8, 4) is 0 Å². The molecule has 1 aromatic carbocycles. The normalized spacial score (nSPS) is 15.0. The number of likely N-dealkylation sites (tertiary alicyclic amines) is 1. The highest BCUT2D eigenvalue weighted by Gasteiger charge is 2.22. The van der Waals surface area contributed by atoms with Gasteiger partial charge in [0, 0.05) is 31.7 Å². The number of rotatable bonds is 5. The minimum Gasteiger partial charge on any atom is -0.465 e. The van der Waals surface area contributed by atoms with Gasteiger partial charge in [-0.2, -0.15) is 0 Å². The van der Waals surface area contributed by atoms with Crippen LogP contribution in [0.2, 0.25) is 0 Å². The Labute approximate surface area is 165 Å². The Balaban J connectivity index is 1.74. The highest BCUT2D eigenvalue weighted by Crippen LogP contribution is 2.16. The highest BCUT2D eigenvalue weighted by atomic mass is 16.6. The third-order valence-electron chi connectivity index (χ3n) is 4.49. The maximum absolute atomic E-state index is 12.3. The van der Waals surface area contributed by atoms with E-state index in [1.165, 1.54) is 4.90 Å². The molecule has 1 heterocycles. The first-order valence-corrected chi connectivity index (χ1v) is 9.46. The van der Waals surface area contributed by atoms with E-state index in [4.69, 9.17) is 9.84 Å². The zero-order valence-corrected chi connectivity index (χ0v) is 16.7. The molecule has 1 fully saturated rings. The number of benzene rings is 1. The first-order chi connectivity index (χ1) is 13.1. The molecule has 0 aliphatic carbocycles. The monoisotopic (exact) mass is 391 g/mol. The first-order valence-electron chi connectivity index (χ1n) is 9.46. The lowest BCUT2D eigenvalue weighted by molar-refractivity contribution is 0.0523. The Bertz CT molecular complexity index is 689. The maximum atomic E-state index is 12.3. The second kappa shape index (κ2) is 9.43. The molecule has 0 bridgehead atoms. The average Bonchev–Trinajstić information content (AvgIpc) is 2.64. The predicted octanol–water partition coefficient (Wildman–Crippen LogP) is 2.83. The van der Waals surface area contributed by atoms with Gasteiger partial charge in [0.2, 0.25) is 0 Å². The number of carbonyl (C=O) groups is 3. The van der Waals surface area contributed by atoms with E-state index < -0.39 is 17.8 Å². The number of nitrogens with one attached hydrogen (secondary N) is 2. The lowest BCUT2D eigenvalue weighted by atomic mass is 9.97. The number of alkyl carbamates (subject to hydrolysis) is 1. The Morgan fingerprint density at radius 2 is 1.71 bits per heavy atom. The van der Waals surface area contributed by atoms with Crippen LogP contribution in [-0.4, -0.2) is 53.3 Å². The van der Waals surface area contributed by atoms with Gasteiger partial charge in [-0.1, -0.05) is 12.1 Å². The quantitative estimate of drug-likeness (QED) is 0.715. The molecule has 3 amide bonds. The van der Waals surface area contributed by atoms with Crippen molar-refractivity contribution in [3.63, 3.8) is 0 Å². The number of carboxylic acid groups (broad SMARTS) is 1. The molecule has 8 heteroatoms. The van der Waals surface area contributed by atoms with Gasteiger partial charge in [0.25, 0.3) is 5.91 Å². The molecule has 1 aliphatic rings. The molecule has 28 heavy (non-hydrogen) atoms. The topological polar surface area (TPSA) is 108 Å². The minimum atomic E-state index is -0.885. The minimum absolute atomic E-state index is 0.160.